The Morgan fingerprint density at radius 2 is 2.00 bits per heavy atom. The highest BCUT2D eigenvalue weighted by Crippen LogP contribution is 2.33. The third-order valence-electron chi connectivity index (χ3n) is 1.78. The van der Waals surface area contributed by atoms with Crippen LogP contribution in [0.5, 0.6) is 0 Å². The third-order valence-corrected chi connectivity index (χ3v) is 3.29. The molecule has 4 nitrogen and oxygen atoms in total. The number of ether oxygens (including phenoxy) is 1. The number of hydrogen-bond donors (Lipinski definition) is 0. The molecule has 0 saturated carbocycles. The zero-order valence-corrected chi connectivity index (χ0v) is 6.48. The first-order valence-corrected chi connectivity index (χ1v) is 4.88. The van der Waals surface area contributed by atoms with Gasteiger partial charge in [0.2, 0.25) is 9.84 Å². The minimum Gasteiger partial charge on any atom is -0.480 e. The van der Waals surface area contributed by atoms with Gasteiger partial charge in [-0.05, 0) is 0 Å². The van der Waals surface area contributed by atoms with Gasteiger partial charge in [-0.15, -0.1) is 0 Å². The average Bonchev–Trinajstić information content (AvgIpc) is 2.38. The summed E-state index contributed by atoms with van der Waals surface area (Å²) in [6.45, 7) is 0. The van der Waals surface area contributed by atoms with Gasteiger partial charge in [0.05, 0.1) is 0 Å². The van der Waals surface area contributed by atoms with Crippen LogP contribution < -0.4 is 0 Å². The largest absolute Gasteiger partial charge is 0.480 e. The summed E-state index contributed by atoms with van der Waals surface area (Å²) in [7, 11) is -3.37. The molecule has 0 bridgehead atoms. The quantitative estimate of drug-likeness (QED) is 0.517. The van der Waals surface area contributed by atoms with Gasteiger partial charge in [0.1, 0.15) is 5.76 Å². The third kappa shape index (κ3) is 0.805. The van der Waals surface area contributed by atoms with Crippen LogP contribution in [0.3, 0.4) is 0 Å². The van der Waals surface area contributed by atoms with Crippen molar-refractivity contribution in [2.45, 2.75) is 12.8 Å². The monoisotopic (exact) mass is 174 g/mol. The standard InChI is InChI=1S/C6H6O4S/c7-4-1-2-5-6(4)11(8,9)3-10-5/h1-3H2. The van der Waals surface area contributed by atoms with Gasteiger partial charge in [-0.25, -0.2) is 8.42 Å². The van der Waals surface area contributed by atoms with Crippen molar-refractivity contribution in [2.75, 3.05) is 5.94 Å². The highest BCUT2D eigenvalue weighted by Gasteiger charge is 2.40. The smallest absolute Gasteiger partial charge is 0.220 e. The van der Waals surface area contributed by atoms with Crippen LogP contribution in [0.25, 0.3) is 0 Å². The lowest BCUT2D eigenvalue weighted by Crippen LogP contribution is -2.09. The molecule has 60 valence electrons. The van der Waals surface area contributed by atoms with E-state index in [1.54, 1.807) is 0 Å². The first kappa shape index (κ1) is 6.84. The molecule has 0 radical (unpaired) electrons. The molecule has 0 atom stereocenters. The van der Waals surface area contributed by atoms with Crippen LogP contribution in [0.15, 0.2) is 10.7 Å². The van der Waals surface area contributed by atoms with Crippen LogP contribution in [-0.2, 0) is 19.4 Å². The molecule has 2 aliphatic rings. The molecule has 0 unspecified atom stereocenters. The molecule has 1 aliphatic carbocycles. The van der Waals surface area contributed by atoms with E-state index < -0.39 is 9.84 Å². The molecule has 0 aromatic rings. The summed E-state index contributed by atoms with van der Waals surface area (Å²) in [6.07, 6.45) is 0.733. The maximum Gasteiger partial charge on any atom is 0.220 e. The molecule has 0 aromatic heterocycles. The van der Waals surface area contributed by atoms with E-state index in [0.717, 1.165) is 0 Å². The molecule has 0 spiro atoms. The van der Waals surface area contributed by atoms with Crippen molar-refractivity contribution in [3.05, 3.63) is 10.7 Å². The number of carbonyl (C=O) groups is 1. The molecule has 2 rings (SSSR count). The number of sulfone groups is 1. The average molecular weight is 174 g/mol. The van der Waals surface area contributed by atoms with Crippen molar-refractivity contribution < 1.29 is 17.9 Å². The lowest BCUT2D eigenvalue weighted by Gasteiger charge is -1.95. The Labute approximate surface area is 63.8 Å². The van der Waals surface area contributed by atoms with Gasteiger partial charge in [0, 0.05) is 12.8 Å². The van der Waals surface area contributed by atoms with Gasteiger partial charge >= 0.3 is 0 Å². The fourth-order valence-electron chi connectivity index (χ4n) is 1.30. The van der Waals surface area contributed by atoms with Crippen molar-refractivity contribution in [1.29, 1.82) is 0 Å². The minimum atomic E-state index is -3.37. The van der Waals surface area contributed by atoms with Crippen molar-refractivity contribution in [3.8, 4) is 0 Å². The summed E-state index contributed by atoms with van der Waals surface area (Å²) in [6, 6.07) is 0. The molecular formula is C6H6O4S. The first-order chi connectivity index (χ1) is 5.11. The van der Waals surface area contributed by atoms with Gasteiger partial charge in [-0.3, -0.25) is 4.79 Å². The summed E-state index contributed by atoms with van der Waals surface area (Å²) in [5.41, 5.74) is 0. The number of hydrogen-bond acceptors (Lipinski definition) is 4. The van der Waals surface area contributed by atoms with Gasteiger partial charge in [-0.1, -0.05) is 0 Å². The van der Waals surface area contributed by atoms with Gasteiger partial charge < -0.3 is 4.74 Å². The maximum atomic E-state index is 11.0. The Bertz CT molecular complexity index is 349. The molecule has 1 heterocycles. The molecule has 1 aliphatic heterocycles. The van der Waals surface area contributed by atoms with Gasteiger partial charge in [0.25, 0.3) is 0 Å². The molecule has 0 saturated heterocycles. The molecule has 0 amide bonds. The van der Waals surface area contributed by atoms with Crippen LogP contribution >= 0.6 is 0 Å². The van der Waals surface area contributed by atoms with Crippen LogP contribution in [0, 0.1) is 0 Å². The Morgan fingerprint density at radius 1 is 1.27 bits per heavy atom. The second-order valence-electron chi connectivity index (χ2n) is 2.55. The predicted octanol–water partition coefficient (Wildman–Crippen LogP) is -0.0366. The Hall–Kier alpha value is -0.840. The van der Waals surface area contributed by atoms with E-state index in [-0.39, 0.29) is 23.0 Å². The van der Waals surface area contributed by atoms with Crippen molar-refractivity contribution in [2.24, 2.45) is 0 Å². The van der Waals surface area contributed by atoms with Gasteiger partial charge in [0.15, 0.2) is 16.6 Å². The Kier molecular flexibility index (Phi) is 1.15. The summed E-state index contributed by atoms with van der Waals surface area (Å²) < 4.78 is 26.9. The van der Waals surface area contributed by atoms with E-state index in [2.05, 4.69) is 0 Å². The van der Waals surface area contributed by atoms with E-state index in [1.807, 2.05) is 0 Å². The van der Waals surface area contributed by atoms with E-state index >= 15 is 0 Å². The summed E-state index contributed by atoms with van der Waals surface area (Å²) in [4.78, 5) is 10.9. The molecule has 0 aromatic carbocycles. The minimum absolute atomic E-state index is 0.0718. The molecular weight excluding hydrogens is 168 g/mol. The van der Waals surface area contributed by atoms with Crippen LogP contribution in [-0.4, -0.2) is 20.1 Å². The maximum absolute atomic E-state index is 11.0. The number of allylic oxidation sites excluding steroid dienone is 2. The summed E-state index contributed by atoms with van der Waals surface area (Å²) in [5, 5.41) is 0. The Balaban J connectivity index is 2.60. The molecule has 11 heavy (non-hydrogen) atoms. The van der Waals surface area contributed by atoms with Gasteiger partial charge in [-0.2, -0.15) is 0 Å². The lowest BCUT2D eigenvalue weighted by molar-refractivity contribution is -0.114. The fourth-order valence-corrected chi connectivity index (χ4v) is 2.67. The van der Waals surface area contributed by atoms with Crippen LogP contribution in [0.4, 0.5) is 0 Å². The van der Waals surface area contributed by atoms with Crippen molar-refractivity contribution in [3.63, 3.8) is 0 Å². The molecule has 0 fully saturated rings. The van der Waals surface area contributed by atoms with Crippen molar-refractivity contribution >= 4 is 15.6 Å². The van der Waals surface area contributed by atoms with E-state index in [9.17, 15) is 13.2 Å². The SMILES string of the molecule is O=C1CCC2=C1S(=O)(=O)CO2. The van der Waals surface area contributed by atoms with Crippen LogP contribution in [0.2, 0.25) is 0 Å². The van der Waals surface area contributed by atoms with E-state index in [4.69, 9.17) is 4.74 Å². The van der Waals surface area contributed by atoms with Crippen LogP contribution in [0.1, 0.15) is 12.8 Å². The second-order valence-corrected chi connectivity index (χ2v) is 4.43. The number of ketones is 1. The number of carbonyl (C=O) groups excluding carboxylic acids is 1. The van der Waals surface area contributed by atoms with E-state index in [1.165, 1.54) is 0 Å². The summed E-state index contributed by atoms with van der Waals surface area (Å²) >= 11 is 0. The first-order valence-electron chi connectivity index (χ1n) is 3.23. The topological polar surface area (TPSA) is 60.4 Å². The highest BCUT2D eigenvalue weighted by molar-refractivity contribution is 7.96. The fraction of sp³-hybridized carbons (Fsp3) is 0.500. The summed E-state index contributed by atoms with van der Waals surface area (Å²) in [5.74, 6) is -0.267. The normalized spacial score (nSPS) is 27.1. The zero-order valence-electron chi connectivity index (χ0n) is 5.66. The number of Topliss-reactive ketones (excluding diaryl/α,β-unsaturated/α-hetero) is 1. The Morgan fingerprint density at radius 3 is 2.64 bits per heavy atom. The second kappa shape index (κ2) is 1.85. The van der Waals surface area contributed by atoms with Crippen molar-refractivity contribution in [1.82, 2.24) is 0 Å². The van der Waals surface area contributed by atoms with E-state index in [0.29, 0.717) is 12.2 Å². The molecule has 5 heteroatoms. The predicted molar refractivity (Wildman–Crippen MR) is 36.1 cm³/mol. The lowest BCUT2D eigenvalue weighted by atomic mass is 10.3. The highest BCUT2D eigenvalue weighted by atomic mass is 32.2. The zero-order chi connectivity index (χ0) is 8.06. The molecule has 0 N–H and O–H groups in total. The number of rotatable bonds is 0.